The number of carbonyl (C=O) groups excluding carboxylic acids is 1. The summed E-state index contributed by atoms with van der Waals surface area (Å²) in [5.41, 5.74) is 5.16. The fourth-order valence-corrected chi connectivity index (χ4v) is 0.675. The van der Waals surface area contributed by atoms with Gasteiger partial charge in [-0.2, -0.15) is 5.10 Å². The molecule has 0 aliphatic rings. The zero-order chi connectivity index (χ0) is 8.81. The molecule has 0 saturated heterocycles. The molecule has 1 aromatic rings. The smallest absolute Gasteiger partial charge is 0.249 e. The van der Waals surface area contributed by atoms with Crippen molar-refractivity contribution >= 4 is 11.7 Å². The molecule has 1 amide bonds. The van der Waals surface area contributed by atoms with Gasteiger partial charge in [-0.25, -0.2) is 0 Å². The van der Waals surface area contributed by atoms with Crippen molar-refractivity contribution < 1.29 is 4.79 Å². The van der Waals surface area contributed by atoms with Crippen LogP contribution in [0.15, 0.2) is 24.4 Å². The van der Waals surface area contributed by atoms with Gasteiger partial charge in [-0.1, -0.05) is 6.08 Å². The molecule has 0 aromatic carbocycles. The summed E-state index contributed by atoms with van der Waals surface area (Å²) in [6.45, 7) is 0.358. The summed E-state index contributed by atoms with van der Waals surface area (Å²) in [6, 6.07) is 1.66. The molecule has 0 saturated carbocycles. The van der Waals surface area contributed by atoms with E-state index in [9.17, 15) is 4.79 Å². The maximum Gasteiger partial charge on any atom is 0.249 e. The molecule has 1 heterocycles. The van der Waals surface area contributed by atoms with Crippen molar-refractivity contribution in [2.24, 2.45) is 5.73 Å². The van der Waals surface area contributed by atoms with Gasteiger partial charge in [0.25, 0.3) is 0 Å². The molecule has 0 aliphatic carbocycles. The number of aromatic amines is 1. The van der Waals surface area contributed by atoms with E-state index in [0.717, 1.165) is 0 Å². The molecule has 5 nitrogen and oxygen atoms in total. The third kappa shape index (κ3) is 2.55. The number of nitrogens with two attached hydrogens (primary N) is 1. The molecule has 1 aromatic heterocycles. The van der Waals surface area contributed by atoms with E-state index in [1.54, 1.807) is 18.3 Å². The van der Waals surface area contributed by atoms with Crippen molar-refractivity contribution in [1.29, 1.82) is 0 Å². The summed E-state index contributed by atoms with van der Waals surface area (Å²) < 4.78 is 0. The van der Waals surface area contributed by atoms with Gasteiger partial charge in [-0.05, 0) is 0 Å². The zero-order valence-corrected chi connectivity index (χ0v) is 6.45. The summed E-state index contributed by atoms with van der Waals surface area (Å²) in [5.74, 6) is 0.353. The summed E-state index contributed by atoms with van der Waals surface area (Å²) >= 11 is 0. The normalized spacial score (nSPS) is 10.4. The van der Waals surface area contributed by atoms with E-state index in [4.69, 9.17) is 5.73 Å². The van der Waals surface area contributed by atoms with Crippen LogP contribution in [0, 0.1) is 0 Å². The Bertz CT molecular complexity index is 265. The lowest BCUT2D eigenvalue weighted by atomic mass is 10.4. The van der Waals surface area contributed by atoms with Crippen LogP contribution in [-0.4, -0.2) is 22.6 Å². The van der Waals surface area contributed by atoms with E-state index in [1.165, 1.54) is 6.08 Å². The number of amides is 1. The Kier molecular flexibility index (Phi) is 3.04. The van der Waals surface area contributed by atoms with Crippen molar-refractivity contribution in [2.45, 2.75) is 0 Å². The first-order valence-corrected chi connectivity index (χ1v) is 3.50. The molecule has 1 rings (SSSR count). The highest BCUT2D eigenvalue weighted by Crippen LogP contribution is 1.97. The minimum atomic E-state index is -0.218. The SMILES string of the molecule is NC/C=C/C(=O)Nc1ccn[nH]1. The molecule has 0 spiro atoms. The summed E-state index contributed by atoms with van der Waals surface area (Å²) in [5, 5.41) is 8.82. The molecule has 0 atom stereocenters. The highest BCUT2D eigenvalue weighted by Gasteiger charge is 1.95. The zero-order valence-electron chi connectivity index (χ0n) is 6.45. The van der Waals surface area contributed by atoms with E-state index in [2.05, 4.69) is 15.5 Å². The van der Waals surface area contributed by atoms with Crippen LogP contribution >= 0.6 is 0 Å². The third-order valence-corrected chi connectivity index (χ3v) is 1.16. The van der Waals surface area contributed by atoms with Gasteiger partial charge in [0.1, 0.15) is 5.82 Å². The van der Waals surface area contributed by atoms with Gasteiger partial charge in [-0.3, -0.25) is 9.89 Å². The lowest BCUT2D eigenvalue weighted by Gasteiger charge is -1.94. The largest absolute Gasteiger partial charge is 0.327 e. The van der Waals surface area contributed by atoms with Gasteiger partial charge < -0.3 is 11.1 Å². The second-order valence-electron chi connectivity index (χ2n) is 2.10. The molecule has 0 radical (unpaired) electrons. The maximum absolute atomic E-state index is 11.0. The van der Waals surface area contributed by atoms with Gasteiger partial charge in [0.15, 0.2) is 0 Å². The molecule has 0 aliphatic heterocycles. The van der Waals surface area contributed by atoms with Crippen LogP contribution < -0.4 is 11.1 Å². The first-order chi connectivity index (χ1) is 5.83. The number of aromatic nitrogens is 2. The Balaban J connectivity index is 2.42. The second-order valence-corrected chi connectivity index (χ2v) is 2.10. The minimum Gasteiger partial charge on any atom is -0.327 e. The fourth-order valence-electron chi connectivity index (χ4n) is 0.675. The molecule has 12 heavy (non-hydrogen) atoms. The first kappa shape index (κ1) is 8.48. The number of hydrogen-bond donors (Lipinski definition) is 3. The monoisotopic (exact) mass is 166 g/mol. The molecule has 5 heteroatoms. The van der Waals surface area contributed by atoms with Gasteiger partial charge in [-0.15, -0.1) is 0 Å². The number of anilines is 1. The number of nitrogens with one attached hydrogen (secondary N) is 2. The highest BCUT2D eigenvalue weighted by atomic mass is 16.1. The van der Waals surface area contributed by atoms with Crippen molar-refractivity contribution in [2.75, 3.05) is 11.9 Å². The summed E-state index contributed by atoms with van der Waals surface area (Å²) in [4.78, 5) is 11.0. The van der Waals surface area contributed by atoms with Crippen molar-refractivity contribution in [3.63, 3.8) is 0 Å². The Morgan fingerprint density at radius 3 is 3.25 bits per heavy atom. The van der Waals surface area contributed by atoms with Gasteiger partial charge >= 0.3 is 0 Å². The quantitative estimate of drug-likeness (QED) is 0.546. The topological polar surface area (TPSA) is 83.8 Å². The van der Waals surface area contributed by atoms with Gasteiger partial charge in [0, 0.05) is 18.7 Å². The number of H-pyrrole nitrogens is 1. The second kappa shape index (κ2) is 4.30. The van der Waals surface area contributed by atoms with Gasteiger partial charge in [0.2, 0.25) is 5.91 Å². The summed E-state index contributed by atoms with van der Waals surface area (Å²) in [7, 11) is 0. The molecular weight excluding hydrogens is 156 g/mol. The minimum absolute atomic E-state index is 0.218. The number of carbonyl (C=O) groups is 1. The van der Waals surface area contributed by atoms with E-state index in [0.29, 0.717) is 12.4 Å². The highest BCUT2D eigenvalue weighted by molar-refractivity contribution is 5.98. The number of rotatable bonds is 3. The van der Waals surface area contributed by atoms with Crippen LogP contribution in [0.25, 0.3) is 0 Å². The Hall–Kier alpha value is -1.62. The van der Waals surface area contributed by atoms with Crippen LogP contribution in [0.4, 0.5) is 5.82 Å². The molecule has 4 N–H and O–H groups in total. The Morgan fingerprint density at radius 2 is 2.67 bits per heavy atom. The van der Waals surface area contributed by atoms with Crippen LogP contribution in [0.3, 0.4) is 0 Å². The van der Waals surface area contributed by atoms with E-state index in [1.807, 2.05) is 0 Å². The van der Waals surface area contributed by atoms with E-state index in [-0.39, 0.29) is 5.91 Å². The van der Waals surface area contributed by atoms with Crippen molar-refractivity contribution in [3.8, 4) is 0 Å². The first-order valence-electron chi connectivity index (χ1n) is 3.50. The van der Waals surface area contributed by atoms with Crippen molar-refractivity contribution in [1.82, 2.24) is 10.2 Å². The lowest BCUT2D eigenvalue weighted by molar-refractivity contribution is -0.111. The molecule has 0 bridgehead atoms. The number of hydrogen-bond acceptors (Lipinski definition) is 3. The summed E-state index contributed by atoms with van der Waals surface area (Å²) in [6.07, 6.45) is 4.51. The molecule has 64 valence electrons. The third-order valence-electron chi connectivity index (χ3n) is 1.16. The molecular formula is C7H10N4O. The van der Waals surface area contributed by atoms with Crippen LogP contribution in [0.2, 0.25) is 0 Å². The average Bonchev–Trinajstić information content (AvgIpc) is 2.53. The van der Waals surface area contributed by atoms with E-state index >= 15 is 0 Å². The Morgan fingerprint density at radius 1 is 1.83 bits per heavy atom. The van der Waals surface area contributed by atoms with Gasteiger partial charge in [0.05, 0.1) is 6.20 Å². The molecule has 0 fully saturated rings. The van der Waals surface area contributed by atoms with E-state index < -0.39 is 0 Å². The number of nitrogens with zero attached hydrogens (tertiary/aromatic N) is 1. The lowest BCUT2D eigenvalue weighted by Crippen LogP contribution is -2.08. The average molecular weight is 166 g/mol. The maximum atomic E-state index is 11.0. The van der Waals surface area contributed by atoms with Crippen LogP contribution in [-0.2, 0) is 4.79 Å². The molecule has 0 unspecified atom stereocenters. The van der Waals surface area contributed by atoms with Crippen LogP contribution in [0.5, 0.6) is 0 Å². The fraction of sp³-hybridized carbons (Fsp3) is 0.143. The predicted octanol–water partition coefficient (Wildman–Crippen LogP) is -0.137. The van der Waals surface area contributed by atoms with Crippen molar-refractivity contribution in [3.05, 3.63) is 24.4 Å². The standard InChI is InChI=1S/C7H10N4O/c8-4-1-2-7(12)10-6-3-5-9-11-6/h1-3,5H,4,8H2,(H2,9,10,11,12)/b2-1+. The van der Waals surface area contributed by atoms with Crippen LogP contribution in [0.1, 0.15) is 0 Å². The predicted molar refractivity (Wildman–Crippen MR) is 45.4 cm³/mol. The Labute approximate surface area is 69.7 Å².